The van der Waals surface area contributed by atoms with E-state index in [9.17, 15) is 22.8 Å². The Hall–Kier alpha value is -3.81. The quantitative estimate of drug-likeness (QED) is 0.211. The molecule has 15 heteroatoms. The summed E-state index contributed by atoms with van der Waals surface area (Å²) in [4.78, 5) is 41.9. The predicted molar refractivity (Wildman–Crippen MR) is 146 cm³/mol. The Morgan fingerprint density at radius 1 is 1.05 bits per heavy atom. The van der Waals surface area contributed by atoms with E-state index in [0.29, 0.717) is 23.8 Å². The van der Waals surface area contributed by atoms with Crippen LogP contribution in [0.4, 0.5) is 24.7 Å². The molecule has 3 heterocycles. The summed E-state index contributed by atoms with van der Waals surface area (Å²) in [7, 11) is 0. The van der Waals surface area contributed by atoms with Crippen molar-refractivity contribution in [2.45, 2.75) is 25.6 Å². The monoisotopic (exact) mass is 609 g/mol. The third kappa shape index (κ3) is 7.23. The largest absolute Gasteiger partial charge is 0.417 e. The first-order valence-corrected chi connectivity index (χ1v) is 13.2. The van der Waals surface area contributed by atoms with Crippen molar-refractivity contribution in [1.29, 1.82) is 0 Å². The van der Waals surface area contributed by atoms with Gasteiger partial charge in [0.25, 0.3) is 11.8 Å². The molecule has 0 aliphatic heterocycles. The standard InChI is InChI=1S/C25H20Cl2F3N7O2S/c1-13(24-33-11-18(40-24)22(38)37-15-2-3-17(26)16(10-15)25(28,29)30)36-23(39)20-19(27)21(35-12-34-20)32-9-6-14-4-7-31-8-5-14/h2-5,7-8,10-13H,6,9H2,1H3,(H,36,39)(H,37,38)(H,32,34,35). The lowest BCUT2D eigenvalue weighted by Gasteiger charge is -2.13. The van der Waals surface area contributed by atoms with Gasteiger partial charge in [0.2, 0.25) is 0 Å². The molecule has 4 rings (SSSR count). The summed E-state index contributed by atoms with van der Waals surface area (Å²) in [5.41, 5.74) is -0.131. The van der Waals surface area contributed by atoms with E-state index in [4.69, 9.17) is 23.2 Å². The molecule has 0 radical (unpaired) electrons. The van der Waals surface area contributed by atoms with Crippen molar-refractivity contribution in [3.05, 3.63) is 92.0 Å². The van der Waals surface area contributed by atoms with E-state index in [1.165, 1.54) is 18.6 Å². The Morgan fingerprint density at radius 3 is 2.52 bits per heavy atom. The van der Waals surface area contributed by atoms with Gasteiger partial charge in [0, 0.05) is 24.6 Å². The number of hydrogen-bond acceptors (Lipinski definition) is 8. The molecule has 1 unspecified atom stereocenters. The minimum absolute atomic E-state index is 0.0438. The molecule has 4 aromatic rings. The number of alkyl halides is 3. The molecule has 0 saturated heterocycles. The molecule has 208 valence electrons. The highest BCUT2D eigenvalue weighted by molar-refractivity contribution is 7.13. The molecule has 0 bridgehead atoms. The Kier molecular flexibility index (Phi) is 9.17. The fourth-order valence-corrected chi connectivity index (χ4v) is 4.75. The van der Waals surface area contributed by atoms with Crippen molar-refractivity contribution in [3.63, 3.8) is 0 Å². The molecule has 40 heavy (non-hydrogen) atoms. The molecule has 0 aliphatic carbocycles. The second kappa shape index (κ2) is 12.6. The Morgan fingerprint density at radius 2 is 1.80 bits per heavy atom. The van der Waals surface area contributed by atoms with Crippen LogP contribution in [-0.4, -0.2) is 38.3 Å². The van der Waals surface area contributed by atoms with Gasteiger partial charge in [-0.15, -0.1) is 11.3 Å². The van der Waals surface area contributed by atoms with Gasteiger partial charge in [0.1, 0.15) is 27.1 Å². The molecule has 0 fully saturated rings. The van der Waals surface area contributed by atoms with E-state index in [2.05, 4.69) is 35.9 Å². The SMILES string of the molecule is CC(NC(=O)c1ncnc(NCCc2ccncc2)c1Cl)c1ncc(C(=O)Nc2ccc(Cl)c(C(F)(F)F)c2)s1. The van der Waals surface area contributed by atoms with Crippen molar-refractivity contribution in [3.8, 4) is 0 Å². The number of thiazole rings is 1. The van der Waals surface area contributed by atoms with Crippen LogP contribution in [0.25, 0.3) is 0 Å². The third-order valence-electron chi connectivity index (χ3n) is 5.46. The highest BCUT2D eigenvalue weighted by Gasteiger charge is 2.33. The lowest BCUT2D eigenvalue weighted by atomic mass is 10.2. The van der Waals surface area contributed by atoms with E-state index in [1.807, 2.05) is 12.1 Å². The van der Waals surface area contributed by atoms with E-state index in [-0.39, 0.29) is 21.3 Å². The minimum atomic E-state index is -4.67. The summed E-state index contributed by atoms with van der Waals surface area (Å²) >= 11 is 13.0. The first kappa shape index (κ1) is 29.2. The van der Waals surface area contributed by atoms with Crippen molar-refractivity contribution in [1.82, 2.24) is 25.3 Å². The molecular formula is C25H20Cl2F3N7O2S. The molecule has 3 N–H and O–H groups in total. The second-order valence-corrected chi connectivity index (χ2v) is 10.2. The Labute approximate surface area is 240 Å². The third-order valence-corrected chi connectivity index (χ3v) is 7.32. The normalized spacial score (nSPS) is 12.1. The molecular weight excluding hydrogens is 590 g/mol. The van der Waals surface area contributed by atoms with Gasteiger partial charge in [-0.25, -0.2) is 15.0 Å². The molecule has 0 spiro atoms. The number of hydrogen-bond donors (Lipinski definition) is 3. The number of nitrogens with one attached hydrogen (secondary N) is 3. The van der Waals surface area contributed by atoms with E-state index in [1.54, 1.807) is 19.3 Å². The van der Waals surface area contributed by atoms with Gasteiger partial charge in [-0.1, -0.05) is 23.2 Å². The van der Waals surface area contributed by atoms with Gasteiger partial charge in [-0.2, -0.15) is 13.2 Å². The number of nitrogens with zero attached hydrogens (tertiary/aromatic N) is 4. The molecule has 9 nitrogen and oxygen atoms in total. The smallest absolute Gasteiger partial charge is 0.368 e. The van der Waals surface area contributed by atoms with E-state index >= 15 is 0 Å². The van der Waals surface area contributed by atoms with Gasteiger partial charge < -0.3 is 16.0 Å². The maximum Gasteiger partial charge on any atom is 0.417 e. The molecule has 1 aromatic carbocycles. The molecule has 0 aliphatic rings. The average molecular weight is 610 g/mol. The molecule has 1 atom stereocenters. The van der Waals surface area contributed by atoms with Gasteiger partial charge in [-0.3, -0.25) is 14.6 Å². The van der Waals surface area contributed by atoms with Crippen LogP contribution in [0.5, 0.6) is 0 Å². The summed E-state index contributed by atoms with van der Waals surface area (Å²) in [6.45, 7) is 2.16. The average Bonchev–Trinajstić information content (AvgIpc) is 3.42. The number of halogens is 5. The summed E-state index contributed by atoms with van der Waals surface area (Å²) in [5.74, 6) is -0.953. The number of rotatable bonds is 9. The molecule has 0 saturated carbocycles. The Balaban J connectivity index is 1.37. The van der Waals surface area contributed by atoms with Crippen LogP contribution in [0.2, 0.25) is 10.0 Å². The number of aromatic nitrogens is 4. The maximum atomic E-state index is 13.1. The highest BCUT2D eigenvalue weighted by Crippen LogP contribution is 2.36. The molecule has 2 amide bonds. The van der Waals surface area contributed by atoms with Gasteiger partial charge in [-0.05, 0) is 49.2 Å². The van der Waals surface area contributed by atoms with Crippen molar-refractivity contribution < 1.29 is 22.8 Å². The van der Waals surface area contributed by atoms with Gasteiger partial charge in [0.15, 0.2) is 5.69 Å². The number of amides is 2. The van der Waals surface area contributed by atoms with Crippen molar-refractivity contribution >= 4 is 57.9 Å². The van der Waals surface area contributed by atoms with Gasteiger partial charge >= 0.3 is 6.18 Å². The number of pyridine rings is 1. The Bertz CT molecular complexity index is 1520. The zero-order valence-corrected chi connectivity index (χ0v) is 22.9. The van der Waals surface area contributed by atoms with Crippen LogP contribution >= 0.6 is 34.5 Å². The number of benzene rings is 1. The maximum absolute atomic E-state index is 13.1. The van der Waals surface area contributed by atoms with E-state index in [0.717, 1.165) is 29.0 Å². The van der Waals surface area contributed by atoms with Gasteiger partial charge in [0.05, 0.1) is 22.8 Å². The fourth-order valence-electron chi connectivity index (χ4n) is 3.46. The fraction of sp³-hybridized carbons (Fsp3) is 0.200. The van der Waals surface area contributed by atoms with Crippen molar-refractivity contribution in [2.75, 3.05) is 17.2 Å². The number of carbonyl (C=O) groups excluding carboxylic acids is 2. The van der Waals surface area contributed by atoms with Crippen molar-refractivity contribution in [2.24, 2.45) is 0 Å². The predicted octanol–water partition coefficient (Wildman–Crippen LogP) is 6.05. The van der Waals surface area contributed by atoms with Crippen LogP contribution in [0.15, 0.2) is 55.2 Å². The summed E-state index contributed by atoms with van der Waals surface area (Å²) < 4.78 is 39.3. The summed E-state index contributed by atoms with van der Waals surface area (Å²) in [6, 6.07) is 6.19. The zero-order valence-electron chi connectivity index (χ0n) is 20.6. The van der Waals surface area contributed by atoms with E-state index < -0.39 is 34.6 Å². The topological polar surface area (TPSA) is 122 Å². The summed E-state index contributed by atoms with van der Waals surface area (Å²) in [6.07, 6.45) is 1.88. The minimum Gasteiger partial charge on any atom is -0.368 e. The van der Waals surface area contributed by atoms with Crippen LogP contribution in [-0.2, 0) is 12.6 Å². The first-order chi connectivity index (χ1) is 19.0. The van der Waals surface area contributed by atoms with Crippen LogP contribution in [0.1, 0.15) is 49.3 Å². The first-order valence-electron chi connectivity index (χ1n) is 11.6. The van der Waals surface area contributed by atoms with Crippen LogP contribution < -0.4 is 16.0 Å². The summed E-state index contributed by atoms with van der Waals surface area (Å²) in [5, 5.41) is 8.15. The number of carbonyl (C=O) groups is 2. The lowest BCUT2D eigenvalue weighted by molar-refractivity contribution is -0.137. The van der Waals surface area contributed by atoms with Crippen LogP contribution in [0.3, 0.4) is 0 Å². The lowest BCUT2D eigenvalue weighted by Crippen LogP contribution is -2.28. The zero-order chi connectivity index (χ0) is 28.9. The molecule has 3 aromatic heterocycles. The van der Waals surface area contributed by atoms with Crippen LogP contribution in [0, 0.1) is 0 Å². The highest BCUT2D eigenvalue weighted by atomic mass is 35.5. The second-order valence-electron chi connectivity index (χ2n) is 8.32. The number of anilines is 2.